The summed E-state index contributed by atoms with van der Waals surface area (Å²) in [5, 5.41) is 9.97. The number of benzene rings is 1. The third kappa shape index (κ3) is 9.22. The fraction of sp³-hybridized carbons (Fsp3) is 0.605. The Bertz CT molecular complexity index is 1620. The van der Waals surface area contributed by atoms with Crippen LogP contribution in [0.4, 0.5) is 0 Å². The molecule has 3 aliphatic rings. The van der Waals surface area contributed by atoms with Crippen molar-refractivity contribution in [2.45, 2.75) is 117 Å². The van der Waals surface area contributed by atoms with Crippen molar-refractivity contribution in [3.05, 3.63) is 47.0 Å². The first kappa shape index (κ1) is 37.7. The highest BCUT2D eigenvalue weighted by atomic mass is 16.6. The van der Waals surface area contributed by atoms with Crippen molar-refractivity contribution in [2.24, 2.45) is 22.4 Å². The number of nitrogens with one attached hydrogen (secondary N) is 3. The van der Waals surface area contributed by atoms with Gasteiger partial charge in [0.25, 0.3) is 5.91 Å². The summed E-state index contributed by atoms with van der Waals surface area (Å²) in [6, 6.07) is 2.00. The van der Waals surface area contributed by atoms with Crippen LogP contribution in [0.5, 0.6) is 5.75 Å². The molecule has 1 aromatic heterocycles. The zero-order chi connectivity index (χ0) is 37.0. The molecule has 2 aliphatic carbocycles. The van der Waals surface area contributed by atoms with Crippen molar-refractivity contribution in [3.8, 4) is 5.75 Å². The number of aromatic nitrogens is 2. The van der Waals surface area contributed by atoms with Gasteiger partial charge in [-0.25, -0.2) is 4.98 Å². The number of imidazole rings is 1. The Kier molecular flexibility index (Phi) is 11.7. The lowest BCUT2D eigenvalue weighted by Crippen LogP contribution is -2.57. The zero-order valence-electron chi connectivity index (χ0n) is 30.8. The predicted molar refractivity (Wildman–Crippen MR) is 190 cm³/mol. The smallest absolute Gasteiger partial charge is 0.287 e. The van der Waals surface area contributed by atoms with Crippen LogP contribution in [-0.2, 0) is 28.8 Å². The van der Waals surface area contributed by atoms with Crippen LogP contribution >= 0.6 is 0 Å². The third-order valence-electron chi connectivity index (χ3n) is 10.1. The minimum atomic E-state index is -0.937. The van der Waals surface area contributed by atoms with Gasteiger partial charge < -0.3 is 30.1 Å². The number of carbonyl (C=O) groups is 5. The second kappa shape index (κ2) is 15.8. The van der Waals surface area contributed by atoms with E-state index in [4.69, 9.17) is 9.57 Å². The van der Waals surface area contributed by atoms with Gasteiger partial charge in [0.1, 0.15) is 17.9 Å². The third-order valence-corrected chi connectivity index (χ3v) is 10.1. The van der Waals surface area contributed by atoms with Gasteiger partial charge in [0.05, 0.1) is 32.2 Å². The summed E-state index contributed by atoms with van der Waals surface area (Å²) in [6.45, 7) is 11.4. The number of likely N-dealkylation sites (tertiary alicyclic amines) is 1. The lowest BCUT2D eigenvalue weighted by atomic mass is 9.85. The summed E-state index contributed by atoms with van der Waals surface area (Å²) < 4.78 is 5.46. The van der Waals surface area contributed by atoms with E-state index in [0.29, 0.717) is 19.3 Å². The maximum Gasteiger partial charge on any atom is 0.287 e. The molecule has 51 heavy (non-hydrogen) atoms. The number of carbonyl (C=O) groups excluding carboxylic acids is 5. The van der Waals surface area contributed by atoms with Gasteiger partial charge in [-0.05, 0) is 73.8 Å². The number of ketones is 2. The van der Waals surface area contributed by atoms with Crippen LogP contribution in [-0.4, -0.2) is 88.3 Å². The summed E-state index contributed by atoms with van der Waals surface area (Å²) in [4.78, 5) is 82.4. The van der Waals surface area contributed by atoms with Gasteiger partial charge in [0.15, 0.2) is 5.78 Å². The van der Waals surface area contributed by atoms with E-state index in [1.165, 1.54) is 4.90 Å². The van der Waals surface area contributed by atoms with Crippen LogP contribution in [0.15, 0.2) is 29.8 Å². The number of H-pyrrole nitrogens is 1. The number of hydrogen-bond donors (Lipinski definition) is 3. The summed E-state index contributed by atoms with van der Waals surface area (Å²) >= 11 is 0. The predicted octanol–water partition coefficient (Wildman–Crippen LogP) is 3.91. The molecule has 5 rings (SSSR count). The summed E-state index contributed by atoms with van der Waals surface area (Å²) in [5.74, 6) is -2.53. The largest absolute Gasteiger partial charge is 0.496 e. The van der Waals surface area contributed by atoms with Gasteiger partial charge in [0.2, 0.25) is 17.6 Å². The minimum absolute atomic E-state index is 0.00315. The normalized spacial score (nSPS) is 22.7. The summed E-state index contributed by atoms with van der Waals surface area (Å²) in [5.41, 5.74) is 2.88. The first-order chi connectivity index (χ1) is 24.2. The molecule has 3 amide bonds. The molecule has 13 nitrogen and oxygen atoms in total. The number of amides is 3. The number of methoxy groups -OCH3 is 1. The van der Waals surface area contributed by atoms with Crippen molar-refractivity contribution >= 4 is 35.5 Å². The highest BCUT2D eigenvalue weighted by molar-refractivity contribution is 6.37. The van der Waals surface area contributed by atoms with Gasteiger partial charge in [-0.1, -0.05) is 39.3 Å². The fourth-order valence-electron chi connectivity index (χ4n) is 7.06. The molecule has 2 saturated carbocycles. The molecule has 0 bridgehead atoms. The molecule has 1 aromatic carbocycles. The second-order valence-corrected chi connectivity index (χ2v) is 15.4. The van der Waals surface area contributed by atoms with Gasteiger partial charge in [-0.15, -0.1) is 0 Å². The molecule has 0 spiro atoms. The van der Waals surface area contributed by atoms with Crippen LogP contribution in [0.25, 0.3) is 0 Å². The zero-order valence-corrected chi connectivity index (χ0v) is 30.8. The highest BCUT2D eigenvalue weighted by Gasteiger charge is 2.50. The van der Waals surface area contributed by atoms with Crippen molar-refractivity contribution in [1.82, 2.24) is 25.5 Å². The number of oxime groups is 1. The van der Waals surface area contributed by atoms with Crippen LogP contribution in [0, 0.1) is 31.1 Å². The number of Topliss-reactive ketones (excluding diaryl/α,β-unsaturated/α-hetero) is 2. The Morgan fingerprint density at radius 3 is 2.41 bits per heavy atom. The SMILES string of the molecule is CCC[C@H](CC(=O)[C@@H]1C[C@@H](O/N=C\c2cc(C)c(OC)c(C)c2)CN1C(=O)[C@@H](NC(=O)[C@@H]1C[C@H]1c1cnc[nH]1)C(C)(C)C)C(=O)C(=O)NC1CC1. The van der Waals surface area contributed by atoms with E-state index in [0.717, 1.165) is 41.0 Å². The molecule has 13 heteroatoms. The van der Waals surface area contributed by atoms with E-state index in [9.17, 15) is 24.0 Å². The van der Waals surface area contributed by atoms with Crippen LogP contribution in [0.1, 0.15) is 101 Å². The lowest BCUT2D eigenvalue weighted by Gasteiger charge is -2.35. The van der Waals surface area contributed by atoms with Crippen molar-refractivity contribution < 1.29 is 33.5 Å². The quantitative estimate of drug-likeness (QED) is 0.134. The Labute approximate surface area is 299 Å². The average Bonchev–Trinajstić information content (AvgIpc) is 3.96. The van der Waals surface area contributed by atoms with Gasteiger partial charge in [-0.3, -0.25) is 24.0 Å². The lowest BCUT2D eigenvalue weighted by molar-refractivity contribution is -0.145. The van der Waals surface area contributed by atoms with Gasteiger partial charge >= 0.3 is 0 Å². The van der Waals surface area contributed by atoms with E-state index >= 15 is 0 Å². The van der Waals surface area contributed by atoms with E-state index in [2.05, 4.69) is 25.8 Å². The molecule has 2 aromatic rings. The van der Waals surface area contributed by atoms with Crippen LogP contribution < -0.4 is 15.4 Å². The number of aryl methyl sites for hydroxylation is 2. The van der Waals surface area contributed by atoms with Crippen molar-refractivity contribution in [3.63, 3.8) is 0 Å². The molecule has 1 aliphatic heterocycles. The maximum atomic E-state index is 14.5. The molecule has 6 atom stereocenters. The topological polar surface area (TPSA) is 172 Å². The maximum absolute atomic E-state index is 14.5. The summed E-state index contributed by atoms with van der Waals surface area (Å²) in [6.07, 6.45) is 7.52. The van der Waals surface area contributed by atoms with E-state index < -0.39 is 47.1 Å². The molecule has 3 N–H and O–H groups in total. The molecule has 1 saturated heterocycles. The van der Waals surface area contributed by atoms with E-state index in [-0.39, 0.29) is 49.0 Å². The summed E-state index contributed by atoms with van der Waals surface area (Å²) in [7, 11) is 1.62. The fourth-order valence-corrected chi connectivity index (χ4v) is 7.06. The molecule has 0 radical (unpaired) electrons. The van der Waals surface area contributed by atoms with Crippen molar-refractivity contribution in [2.75, 3.05) is 13.7 Å². The Hall–Kier alpha value is -4.55. The first-order valence-corrected chi connectivity index (χ1v) is 18.0. The minimum Gasteiger partial charge on any atom is -0.496 e. The number of ether oxygens (including phenoxy) is 1. The molecule has 2 heterocycles. The first-order valence-electron chi connectivity index (χ1n) is 18.0. The Balaban J connectivity index is 1.34. The number of nitrogens with zero attached hydrogens (tertiary/aromatic N) is 3. The average molecular weight is 705 g/mol. The second-order valence-electron chi connectivity index (χ2n) is 15.4. The van der Waals surface area contributed by atoms with Gasteiger partial charge in [0, 0.05) is 48.5 Å². The molecule has 0 unspecified atom stereocenters. The van der Waals surface area contributed by atoms with E-state index in [1.54, 1.807) is 25.8 Å². The van der Waals surface area contributed by atoms with Crippen LogP contribution in [0.3, 0.4) is 0 Å². The Morgan fingerprint density at radius 1 is 1.12 bits per heavy atom. The monoisotopic (exact) mass is 704 g/mol. The number of hydrogen-bond acceptors (Lipinski definition) is 9. The number of aromatic amines is 1. The van der Waals surface area contributed by atoms with Crippen molar-refractivity contribution in [1.29, 1.82) is 0 Å². The standard InChI is InChI=1S/C38H52N6O7/c1-8-9-24(32(46)36(48)42-25-10-11-25)14-31(45)30-15-26(51-41-17-23-12-21(2)33(50-7)22(3)13-23)19-44(30)37(49)34(38(4,5)6)43-35(47)28-16-27(28)29-18-39-20-40-29/h12-13,17-18,20,24-28,30,34H,8-11,14-16,19H2,1-7H3,(H,39,40)(H,42,48)(H,43,47)/b41-17-/t24-,26-,27-,28-,30+,34-/m1/s1. The number of rotatable bonds is 16. The van der Waals surface area contributed by atoms with E-state index in [1.807, 2.05) is 53.7 Å². The van der Waals surface area contributed by atoms with Gasteiger partial charge in [-0.2, -0.15) is 0 Å². The Morgan fingerprint density at radius 2 is 1.82 bits per heavy atom. The van der Waals surface area contributed by atoms with Crippen LogP contribution in [0.2, 0.25) is 0 Å². The molecule has 3 fully saturated rings. The molecular formula is C38H52N6O7. The highest BCUT2D eigenvalue weighted by Crippen LogP contribution is 2.47. The molecular weight excluding hydrogens is 652 g/mol. The molecule has 276 valence electrons.